The van der Waals surface area contributed by atoms with Crippen LogP contribution in [0, 0.1) is 0 Å². The number of alkyl halides is 2. The number of hydrogen-bond acceptors (Lipinski definition) is 4. The van der Waals surface area contributed by atoms with E-state index < -0.39 is 6.61 Å². The monoisotopic (exact) mass is 410 g/mol. The quantitative estimate of drug-likeness (QED) is 0.319. The van der Waals surface area contributed by atoms with Gasteiger partial charge in [0.25, 0.3) is 5.91 Å². The summed E-state index contributed by atoms with van der Waals surface area (Å²) in [4.78, 5) is 16.9. The van der Waals surface area contributed by atoms with Crippen molar-refractivity contribution in [1.29, 1.82) is 0 Å². The van der Waals surface area contributed by atoms with Gasteiger partial charge >= 0.3 is 6.61 Å². The highest BCUT2D eigenvalue weighted by molar-refractivity contribution is 7.12. The van der Waals surface area contributed by atoms with E-state index in [-0.39, 0.29) is 18.2 Å². The van der Waals surface area contributed by atoms with Crippen molar-refractivity contribution >= 4 is 23.2 Å². The second-order valence-electron chi connectivity index (χ2n) is 5.69. The van der Waals surface area contributed by atoms with Crippen LogP contribution in [-0.4, -0.2) is 38.1 Å². The Labute approximate surface area is 167 Å². The van der Waals surface area contributed by atoms with Gasteiger partial charge in [-0.1, -0.05) is 24.3 Å². The summed E-state index contributed by atoms with van der Waals surface area (Å²) in [5.41, 5.74) is 0.572. The normalized spacial score (nSPS) is 11.4. The molecule has 0 aliphatic rings. The summed E-state index contributed by atoms with van der Waals surface area (Å²) in [6.45, 7) is 1.07. The lowest BCUT2D eigenvalue weighted by Crippen LogP contribution is -2.38. The van der Waals surface area contributed by atoms with Crippen LogP contribution in [0.1, 0.15) is 28.6 Å². The molecular formula is C19H24F2N4O2S. The number of halogens is 2. The first-order valence-electron chi connectivity index (χ1n) is 8.96. The number of carbonyl (C=O) groups is 1. The third-order valence-corrected chi connectivity index (χ3v) is 4.49. The van der Waals surface area contributed by atoms with Crippen LogP contribution < -0.4 is 20.7 Å². The first kappa shape index (κ1) is 21.6. The predicted octanol–water partition coefficient (Wildman–Crippen LogP) is 3.22. The Kier molecular flexibility index (Phi) is 9.20. The minimum absolute atomic E-state index is 0.0776. The van der Waals surface area contributed by atoms with Crippen molar-refractivity contribution < 1.29 is 18.3 Å². The van der Waals surface area contributed by atoms with Gasteiger partial charge in [0.05, 0.1) is 11.4 Å². The summed E-state index contributed by atoms with van der Waals surface area (Å²) in [5.74, 6) is 0.610. The maximum absolute atomic E-state index is 12.5. The Morgan fingerprint density at radius 1 is 1.14 bits per heavy atom. The van der Waals surface area contributed by atoms with E-state index >= 15 is 0 Å². The summed E-state index contributed by atoms with van der Waals surface area (Å²) in [6.07, 6.45) is 0.715. The molecule has 0 aliphatic carbocycles. The fraction of sp³-hybridized carbons (Fsp3) is 0.368. The van der Waals surface area contributed by atoms with E-state index in [0.717, 1.165) is 0 Å². The molecular weight excluding hydrogens is 386 g/mol. The van der Waals surface area contributed by atoms with Gasteiger partial charge in [-0.3, -0.25) is 4.79 Å². The Morgan fingerprint density at radius 3 is 2.64 bits per heavy atom. The van der Waals surface area contributed by atoms with Crippen molar-refractivity contribution in [3.63, 3.8) is 0 Å². The van der Waals surface area contributed by atoms with Crippen molar-refractivity contribution in [2.75, 3.05) is 19.6 Å². The van der Waals surface area contributed by atoms with Gasteiger partial charge in [0, 0.05) is 25.2 Å². The van der Waals surface area contributed by atoms with Gasteiger partial charge in [-0.25, -0.2) is 4.99 Å². The number of carbonyl (C=O) groups excluding carboxylic acids is 1. The van der Waals surface area contributed by atoms with Crippen LogP contribution in [0.15, 0.2) is 46.8 Å². The molecule has 2 rings (SSSR count). The van der Waals surface area contributed by atoms with Crippen LogP contribution in [0.5, 0.6) is 5.75 Å². The van der Waals surface area contributed by atoms with E-state index in [2.05, 4.69) is 25.7 Å². The van der Waals surface area contributed by atoms with Crippen LogP contribution in [0.3, 0.4) is 0 Å². The molecule has 3 N–H and O–H groups in total. The van der Waals surface area contributed by atoms with Gasteiger partial charge in [0.2, 0.25) is 0 Å². The van der Waals surface area contributed by atoms with E-state index in [1.807, 2.05) is 18.4 Å². The zero-order valence-electron chi connectivity index (χ0n) is 15.6. The Hall–Kier alpha value is -2.68. The van der Waals surface area contributed by atoms with E-state index in [1.54, 1.807) is 24.3 Å². The number of guanidine groups is 1. The van der Waals surface area contributed by atoms with E-state index in [1.165, 1.54) is 17.4 Å². The molecule has 0 radical (unpaired) electrons. The van der Waals surface area contributed by atoms with Crippen LogP contribution in [0.4, 0.5) is 8.78 Å². The van der Waals surface area contributed by atoms with Crippen molar-refractivity contribution in [1.82, 2.24) is 16.0 Å². The van der Waals surface area contributed by atoms with Gasteiger partial charge < -0.3 is 20.7 Å². The van der Waals surface area contributed by atoms with E-state index in [0.29, 0.717) is 42.5 Å². The van der Waals surface area contributed by atoms with Gasteiger partial charge in [0.15, 0.2) is 5.96 Å². The standard InChI is InChI=1S/C19H24F2N4O2S/c1-2-22-19(24-11-6-10-23-17(26)16-9-5-12-28-16)25-13-14-7-3-4-8-15(14)27-18(20)21/h3-5,7-9,12,18H,2,6,10-11,13H2,1H3,(H,23,26)(H2,22,24,25). The van der Waals surface area contributed by atoms with Crippen LogP contribution in [0.2, 0.25) is 0 Å². The second-order valence-corrected chi connectivity index (χ2v) is 6.64. The Morgan fingerprint density at radius 2 is 1.93 bits per heavy atom. The topological polar surface area (TPSA) is 74.8 Å². The third-order valence-electron chi connectivity index (χ3n) is 3.62. The highest BCUT2D eigenvalue weighted by Gasteiger charge is 2.09. The number of thiophene rings is 1. The number of nitrogens with zero attached hydrogens (tertiary/aromatic N) is 1. The molecule has 0 saturated carbocycles. The molecule has 1 aromatic carbocycles. The average Bonchev–Trinajstić information content (AvgIpc) is 3.21. The highest BCUT2D eigenvalue weighted by Crippen LogP contribution is 2.20. The van der Waals surface area contributed by atoms with Gasteiger partial charge in [-0.05, 0) is 30.9 Å². The predicted molar refractivity (Wildman–Crippen MR) is 107 cm³/mol. The minimum atomic E-state index is -2.87. The molecule has 1 amide bonds. The number of benzene rings is 1. The van der Waals surface area contributed by atoms with Crippen molar-refractivity contribution in [3.8, 4) is 5.75 Å². The van der Waals surface area contributed by atoms with Crippen molar-refractivity contribution in [3.05, 3.63) is 52.2 Å². The minimum Gasteiger partial charge on any atom is -0.434 e. The van der Waals surface area contributed by atoms with Crippen molar-refractivity contribution in [2.45, 2.75) is 26.5 Å². The van der Waals surface area contributed by atoms with Crippen LogP contribution in [-0.2, 0) is 6.54 Å². The number of hydrogen-bond donors (Lipinski definition) is 3. The van der Waals surface area contributed by atoms with Crippen molar-refractivity contribution in [2.24, 2.45) is 4.99 Å². The first-order valence-corrected chi connectivity index (χ1v) is 9.84. The smallest absolute Gasteiger partial charge is 0.387 e. The number of rotatable bonds is 10. The number of ether oxygens (including phenoxy) is 1. The molecule has 1 heterocycles. The van der Waals surface area contributed by atoms with Gasteiger partial charge in [0.1, 0.15) is 5.75 Å². The molecule has 6 nitrogen and oxygen atoms in total. The summed E-state index contributed by atoms with van der Waals surface area (Å²) >= 11 is 1.40. The molecule has 0 fully saturated rings. The molecule has 0 atom stereocenters. The first-order chi connectivity index (χ1) is 13.6. The van der Waals surface area contributed by atoms with E-state index in [9.17, 15) is 13.6 Å². The molecule has 0 bridgehead atoms. The average molecular weight is 410 g/mol. The molecule has 1 aromatic heterocycles. The lowest BCUT2D eigenvalue weighted by molar-refractivity contribution is -0.0504. The molecule has 2 aromatic rings. The third kappa shape index (κ3) is 7.51. The molecule has 0 aliphatic heterocycles. The number of para-hydroxylation sites is 1. The molecule has 9 heteroatoms. The lowest BCUT2D eigenvalue weighted by Gasteiger charge is -2.13. The zero-order chi connectivity index (χ0) is 20.2. The van der Waals surface area contributed by atoms with Crippen LogP contribution in [0.25, 0.3) is 0 Å². The highest BCUT2D eigenvalue weighted by atomic mass is 32.1. The summed E-state index contributed by atoms with van der Waals surface area (Å²) in [5, 5.41) is 11.0. The maximum Gasteiger partial charge on any atom is 0.387 e. The lowest BCUT2D eigenvalue weighted by atomic mass is 10.2. The molecule has 0 saturated heterocycles. The van der Waals surface area contributed by atoms with Crippen LogP contribution >= 0.6 is 11.3 Å². The maximum atomic E-state index is 12.5. The largest absolute Gasteiger partial charge is 0.434 e. The Bertz CT molecular complexity index is 754. The number of aliphatic imine (C=N–C) groups is 1. The number of nitrogens with one attached hydrogen (secondary N) is 3. The second kappa shape index (κ2) is 11.9. The summed E-state index contributed by atoms with van der Waals surface area (Å²) < 4.78 is 29.5. The fourth-order valence-electron chi connectivity index (χ4n) is 2.34. The van der Waals surface area contributed by atoms with Gasteiger partial charge in [-0.2, -0.15) is 8.78 Å². The molecule has 152 valence electrons. The summed E-state index contributed by atoms with van der Waals surface area (Å²) in [7, 11) is 0. The molecule has 0 unspecified atom stereocenters. The molecule has 0 spiro atoms. The molecule has 28 heavy (non-hydrogen) atoms. The fourth-order valence-corrected chi connectivity index (χ4v) is 2.98. The Balaban J connectivity index is 1.80. The van der Waals surface area contributed by atoms with Gasteiger partial charge in [-0.15, -0.1) is 11.3 Å². The number of amides is 1. The SMILES string of the molecule is CCNC(=NCc1ccccc1OC(F)F)NCCCNC(=O)c1cccs1. The summed E-state index contributed by atoms with van der Waals surface area (Å²) in [6, 6.07) is 10.2. The zero-order valence-corrected chi connectivity index (χ0v) is 16.4. The van der Waals surface area contributed by atoms with E-state index in [4.69, 9.17) is 0 Å².